The highest BCUT2D eigenvalue weighted by Gasteiger charge is 2.35. The second-order valence-corrected chi connectivity index (χ2v) is 12.0. The molecule has 2 aromatic carbocycles. The molecule has 1 saturated heterocycles. The number of pyridine rings is 1. The molecule has 0 spiro atoms. The summed E-state index contributed by atoms with van der Waals surface area (Å²) < 4.78 is 45.9. The Balaban J connectivity index is 1.31. The van der Waals surface area contributed by atoms with E-state index in [1.165, 1.54) is 18.3 Å². The molecule has 1 aliphatic heterocycles. The monoisotopic (exact) mass is 656 g/mol. The van der Waals surface area contributed by atoms with Crippen LogP contribution in [0.4, 0.5) is 30.2 Å². The van der Waals surface area contributed by atoms with Crippen molar-refractivity contribution in [2.75, 3.05) is 37.8 Å². The van der Waals surface area contributed by atoms with E-state index in [2.05, 4.69) is 44.0 Å². The van der Waals surface area contributed by atoms with Crippen molar-refractivity contribution in [3.63, 3.8) is 0 Å². The molecular weight excluding hydrogens is 617 g/mol. The number of likely N-dealkylation sites (N-methyl/N-ethyl adjacent to an activating group) is 1. The molecule has 0 radical (unpaired) electrons. The minimum absolute atomic E-state index is 0.0755. The molecular formula is C36H39F3N8O. The zero-order valence-corrected chi connectivity index (χ0v) is 27.5. The summed E-state index contributed by atoms with van der Waals surface area (Å²) in [5.74, 6) is 5.76. The Bertz CT molecular complexity index is 1930. The Labute approximate surface area is 278 Å². The lowest BCUT2D eigenvalue weighted by molar-refractivity contribution is -0.138. The van der Waals surface area contributed by atoms with Crippen molar-refractivity contribution in [1.29, 1.82) is 0 Å². The van der Waals surface area contributed by atoms with Crippen LogP contribution in [0.25, 0.3) is 0 Å². The summed E-state index contributed by atoms with van der Waals surface area (Å²) in [5.41, 5.74) is 3.46. The van der Waals surface area contributed by atoms with Gasteiger partial charge in [-0.25, -0.2) is 4.99 Å². The molecule has 2 N–H and O–H groups in total. The standard InChI is InChI=1S/C36H39F3N8O/c1-6-40-34-33(42-30-21-41-45(5)23-30)10-8-17-47(34)16-7-9-26-19-27(12-11-25(26)2)35(48)43-29-14-13-28(32(20-29)36(37,38)39)22-46-18-15-31(24-46)44(3)4/h6,8,10-14,17,19-21,23,31,42H,1,15-16,18,22,24H2,2-5H3,(H,43,48)/b40-34-. The van der Waals surface area contributed by atoms with Gasteiger partial charge >= 0.3 is 6.18 Å². The van der Waals surface area contributed by atoms with E-state index in [1.807, 2.05) is 62.1 Å². The van der Waals surface area contributed by atoms with Crippen molar-refractivity contribution < 1.29 is 18.0 Å². The highest BCUT2D eigenvalue weighted by atomic mass is 19.4. The van der Waals surface area contributed by atoms with Gasteiger partial charge in [-0.2, -0.15) is 18.3 Å². The molecule has 1 unspecified atom stereocenters. The van der Waals surface area contributed by atoms with Crippen LogP contribution in [-0.4, -0.2) is 63.3 Å². The predicted octanol–water partition coefficient (Wildman–Crippen LogP) is 5.78. The summed E-state index contributed by atoms with van der Waals surface area (Å²) in [5, 5.41) is 10.1. The van der Waals surface area contributed by atoms with Gasteiger partial charge in [0.05, 0.1) is 29.7 Å². The number of hydrogen-bond donors (Lipinski definition) is 2. The van der Waals surface area contributed by atoms with Crippen molar-refractivity contribution >= 4 is 23.0 Å². The van der Waals surface area contributed by atoms with E-state index >= 15 is 0 Å². The first-order valence-electron chi connectivity index (χ1n) is 15.5. The predicted molar refractivity (Wildman–Crippen MR) is 182 cm³/mol. The minimum Gasteiger partial charge on any atom is -0.350 e. The number of likely N-dealkylation sites (tertiary alicyclic amines) is 1. The largest absolute Gasteiger partial charge is 0.416 e. The summed E-state index contributed by atoms with van der Waals surface area (Å²) in [7, 11) is 5.80. The van der Waals surface area contributed by atoms with Crippen LogP contribution in [0.3, 0.4) is 0 Å². The molecule has 48 heavy (non-hydrogen) atoms. The van der Waals surface area contributed by atoms with Crippen molar-refractivity contribution in [3.8, 4) is 11.8 Å². The van der Waals surface area contributed by atoms with Crippen molar-refractivity contribution in [1.82, 2.24) is 24.1 Å². The second kappa shape index (κ2) is 14.8. The number of nitrogens with one attached hydrogen (secondary N) is 2. The molecule has 1 atom stereocenters. The fourth-order valence-electron chi connectivity index (χ4n) is 5.63. The highest BCUT2D eigenvalue weighted by molar-refractivity contribution is 6.04. The van der Waals surface area contributed by atoms with Crippen molar-refractivity contribution in [2.24, 2.45) is 12.0 Å². The normalized spacial score (nSPS) is 15.3. The van der Waals surface area contributed by atoms with E-state index in [4.69, 9.17) is 0 Å². The van der Waals surface area contributed by atoms with Crippen LogP contribution in [0.5, 0.6) is 0 Å². The van der Waals surface area contributed by atoms with Gasteiger partial charge in [0, 0.05) is 68.1 Å². The lowest BCUT2D eigenvalue weighted by Gasteiger charge is -2.22. The first kappa shape index (κ1) is 34.2. The molecule has 0 bridgehead atoms. The number of carbonyl (C=O) groups is 1. The zero-order chi connectivity index (χ0) is 34.4. The average Bonchev–Trinajstić information content (AvgIpc) is 3.68. The third kappa shape index (κ3) is 8.42. The zero-order valence-electron chi connectivity index (χ0n) is 27.5. The second-order valence-electron chi connectivity index (χ2n) is 12.0. The number of nitrogens with zero attached hydrogens (tertiary/aromatic N) is 6. The van der Waals surface area contributed by atoms with Gasteiger partial charge in [-0.3, -0.25) is 14.4 Å². The van der Waals surface area contributed by atoms with E-state index in [1.54, 1.807) is 29.1 Å². The molecule has 5 rings (SSSR count). The van der Waals surface area contributed by atoms with Gasteiger partial charge in [-0.15, -0.1) is 0 Å². The Morgan fingerprint density at radius 1 is 1.19 bits per heavy atom. The van der Waals surface area contributed by atoms with Gasteiger partial charge in [0.15, 0.2) is 5.49 Å². The maximum atomic E-state index is 14.1. The third-order valence-corrected chi connectivity index (χ3v) is 8.26. The molecule has 1 amide bonds. The fraction of sp³-hybridized carbons (Fsp3) is 0.306. The number of benzene rings is 2. The minimum atomic E-state index is -4.56. The first-order valence-corrected chi connectivity index (χ1v) is 15.5. The topological polar surface area (TPSA) is 82.7 Å². The maximum Gasteiger partial charge on any atom is 0.416 e. The van der Waals surface area contributed by atoms with Crippen LogP contribution >= 0.6 is 0 Å². The summed E-state index contributed by atoms with van der Waals surface area (Å²) in [6.45, 7) is 7.55. The SMILES string of the molecule is C=C/N=c1/c(Nc2cnn(C)c2)cccn1CC#Cc1cc(C(=O)Nc2ccc(CN3CCC(N(C)C)C3)c(C(F)(F)F)c2)ccc1C. The van der Waals surface area contributed by atoms with Crippen LogP contribution in [0, 0.1) is 18.8 Å². The van der Waals surface area contributed by atoms with Gasteiger partial charge in [-0.05, 0) is 75.0 Å². The maximum absolute atomic E-state index is 14.1. The fourth-order valence-corrected chi connectivity index (χ4v) is 5.63. The molecule has 0 aliphatic carbocycles. The van der Waals surface area contributed by atoms with Crippen LogP contribution in [0.15, 0.2) is 84.9 Å². The van der Waals surface area contributed by atoms with Gasteiger partial charge in [-0.1, -0.05) is 30.6 Å². The number of hydrogen-bond acceptors (Lipinski definition) is 6. The molecule has 9 nitrogen and oxygen atoms in total. The number of halogens is 3. The molecule has 1 aliphatic rings. The summed E-state index contributed by atoms with van der Waals surface area (Å²) in [6, 6.07) is 13.1. The van der Waals surface area contributed by atoms with Gasteiger partial charge in [0.2, 0.25) is 0 Å². The van der Waals surface area contributed by atoms with Gasteiger partial charge < -0.3 is 20.1 Å². The Morgan fingerprint density at radius 2 is 2.00 bits per heavy atom. The van der Waals surface area contributed by atoms with Crippen molar-refractivity contribution in [2.45, 2.75) is 38.7 Å². The lowest BCUT2D eigenvalue weighted by Crippen LogP contribution is -2.31. The number of anilines is 3. The quantitative estimate of drug-likeness (QED) is 0.224. The third-order valence-electron chi connectivity index (χ3n) is 8.26. The van der Waals surface area contributed by atoms with Crippen LogP contribution in [0.2, 0.25) is 0 Å². The number of rotatable bonds is 9. The molecule has 12 heteroatoms. The summed E-state index contributed by atoms with van der Waals surface area (Å²) >= 11 is 0. The molecule has 3 heterocycles. The molecule has 2 aromatic heterocycles. The van der Waals surface area contributed by atoms with Crippen LogP contribution in [0.1, 0.15) is 39.0 Å². The number of aryl methyl sites for hydroxylation is 2. The number of amides is 1. The summed E-state index contributed by atoms with van der Waals surface area (Å²) in [6.07, 6.45) is 3.22. The Morgan fingerprint density at radius 3 is 2.69 bits per heavy atom. The van der Waals surface area contributed by atoms with Gasteiger partial charge in [0.25, 0.3) is 5.91 Å². The van der Waals surface area contributed by atoms with Gasteiger partial charge in [0.1, 0.15) is 0 Å². The highest BCUT2D eigenvalue weighted by Crippen LogP contribution is 2.35. The van der Waals surface area contributed by atoms with Crippen LogP contribution in [-0.2, 0) is 26.3 Å². The van der Waals surface area contributed by atoms with Crippen LogP contribution < -0.4 is 16.1 Å². The van der Waals surface area contributed by atoms with E-state index < -0.39 is 17.6 Å². The molecule has 4 aromatic rings. The smallest absolute Gasteiger partial charge is 0.350 e. The van der Waals surface area contributed by atoms with E-state index in [0.29, 0.717) is 30.2 Å². The number of alkyl halides is 3. The average molecular weight is 657 g/mol. The molecule has 0 saturated carbocycles. The lowest BCUT2D eigenvalue weighted by atomic mass is 10.0. The van der Waals surface area contributed by atoms with Crippen molar-refractivity contribution in [3.05, 3.63) is 113 Å². The molecule has 1 fully saturated rings. The first-order chi connectivity index (χ1) is 22.9. The molecule has 250 valence electrons. The summed E-state index contributed by atoms with van der Waals surface area (Å²) in [4.78, 5) is 21.8. The Hall–Kier alpha value is -5.12. The number of aromatic nitrogens is 3. The number of carbonyl (C=O) groups excluding carboxylic acids is 1. The van der Waals surface area contributed by atoms with E-state index in [0.717, 1.165) is 36.0 Å². The van der Waals surface area contributed by atoms with E-state index in [9.17, 15) is 18.0 Å². The Kier molecular flexibility index (Phi) is 10.5. The van der Waals surface area contributed by atoms with E-state index in [-0.39, 0.29) is 23.4 Å².